The summed E-state index contributed by atoms with van der Waals surface area (Å²) in [5, 5.41) is 15.2. The lowest BCUT2D eigenvalue weighted by Crippen LogP contribution is -2.51. The summed E-state index contributed by atoms with van der Waals surface area (Å²) in [5.41, 5.74) is 1.77. The second kappa shape index (κ2) is 9.25. The quantitative estimate of drug-likeness (QED) is 0.372. The molecule has 10 heteroatoms. The molecule has 8 rings (SSSR count). The number of pyridine rings is 1. The average molecular weight is 561 g/mol. The van der Waals surface area contributed by atoms with E-state index in [-0.39, 0.29) is 17.1 Å². The van der Waals surface area contributed by atoms with Gasteiger partial charge in [0.25, 0.3) is 0 Å². The number of aromatic nitrogens is 3. The van der Waals surface area contributed by atoms with Crippen LogP contribution in [0.25, 0.3) is 33.2 Å². The molecule has 2 aromatic carbocycles. The minimum absolute atomic E-state index is 0.0503. The molecule has 4 saturated heterocycles. The average Bonchev–Trinajstić information content (AvgIpc) is 3.67. The maximum atomic E-state index is 15.2. The second-order valence-electron chi connectivity index (χ2n) is 12.4. The van der Waals surface area contributed by atoms with Gasteiger partial charge in [-0.2, -0.15) is 4.98 Å². The first kappa shape index (κ1) is 25.2. The number of piperazine rings is 1. The first-order chi connectivity index (χ1) is 19.9. The van der Waals surface area contributed by atoms with Crippen LogP contribution in [0.2, 0.25) is 0 Å². The molecule has 2 aromatic heterocycles. The molecule has 41 heavy (non-hydrogen) atoms. The maximum absolute atomic E-state index is 15.2. The van der Waals surface area contributed by atoms with Gasteiger partial charge in [-0.25, -0.2) is 13.8 Å². The summed E-state index contributed by atoms with van der Waals surface area (Å²) in [4.78, 5) is 14.6. The Kier molecular flexibility index (Phi) is 5.69. The fourth-order valence-electron chi connectivity index (χ4n) is 7.85. The number of alkyl halides is 1. The fourth-order valence-corrected chi connectivity index (χ4v) is 7.85. The van der Waals surface area contributed by atoms with E-state index >= 15 is 4.39 Å². The van der Waals surface area contributed by atoms with E-state index in [2.05, 4.69) is 15.1 Å². The van der Waals surface area contributed by atoms with Crippen molar-refractivity contribution in [2.75, 3.05) is 37.7 Å². The van der Waals surface area contributed by atoms with Crippen LogP contribution in [-0.2, 0) is 7.05 Å². The Labute approximate surface area is 236 Å². The van der Waals surface area contributed by atoms with Gasteiger partial charge < -0.3 is 24.6 Å². The lowest BCUT2D eigenvalue weighted by molar-refractivity contribution is 0.111. The number of nitrogens with zero attached hydrogens (tertiary/aromatic N) is 5. The van der Waals surface area contributed by atoms with Crippen LogP contribution in [0.5, 0.6) is 11.6 Å². The number of ether oxygens (including phenoxy) is 1. The molecule has 4 aliphatic heterocycles. The normalized spacial score (nSPS) is 27.8. The molecule has 0 saturated carbocycles. The van der Waals surface area contributed by atoms with Gasteiger partial charge in [0.2, 0.25) is 5.88 Å². The molecule has 2 bridgehead atoms. The Morgan fingerprint density at radius 1 is 1.12 bits per heavy atom. The highest BCUT2D eigenvalue weighted by Gasteiger charge is 2.49. The molecule has 6 heterocycles. The van der Waals surface area contributed by atoms with Crippen LogP contribution in [0.15, 0.2) is 36.4 Å². The van der Waals surface area contributed by atoms with Gasteiger partial charge >= 0.3 is 0 Å². The Morgan fingerprint density at radius 2 is 1.95 bits per heavy atom. The van der Waals surface area contributed by atoms with E-state index in [1.165, 1.54) is 6.07 Å². The van der Waals surface area contributed by atoms with Crippen LogP contribution in [0, 0.1) is 5.82 Å². The van der Waals surface area contributed by atoms with E-state index in [4.69, 9.17) is 14.7 Å². The molecule has 0 aliphatic carbocycles. The van der Waals surface area contributed by atoms with Gasteiger partial charge in [-0.05, 0) is 55.8 Å². The van der Waals surface area contributed by atoms with Crippen molar-refractivity contribution in [3.05, 3.63) is 42.2 Å². The minimum atomic E-state index is -0.821. The van der Waals surface area contributed by atoms with Gasteiger partial charge in [-0.1, -0.05) is 12.1 Å². The second-order valence-corrected chi connectivity index (χ2v) is 12.4. The molecule has 2 unspecified atom stereocenters. The zero-order valence-corrected chi connectivity index (χ0v) is 23.1. The lowest BCUT2D eigenvalue weighted by Gasteiger charge is -2.34. The number of benzene rings is 2. The zero-order chi connectivity index (χ0) is 27.9. The molecule has 4 fully saturated rings. The van der Waals surface area contributed by atoms with Crippen LogP contribution < -0.4 is 15.0 Å². The van der Waals surface area contributed by atoms with E-state index in [1.807, 2.05) is 17.7 Å². The first-order valence-corrected chi connectivity index (χ1v) is 14.7. The predicted octanol–water partition coefficient (Wildman–Crippen LogP) is 4.53. The van der Waals surface area contributed by atoms with Crippen molar-refractivity contribution in [3.8, 4) is 23.0 Å². The van der Waals surface area contributed by atoms with E-state index in [1.54, 1.807) is 24.3 Å². The van der Waals surface area contributed by atoms with Crippen LogP contribution in [0.1, 0.15) is 32.1 Å². The number of anilines is 1. The number of fused-ring (bicyclic) bond motifs is 5. The highest BCUT2D eigenvalue weighted by Crippen LogP contribution is 2.42. The van der Waals surface area contributed by atoms with Crippen molar-refractivity contribution in [1.82, 2.24) is 24.8 Å². The van der Waals surface area contributed by atoms with Crippen molar-refractivity contribution in [2.45, 2.75) is 55.9 Å². The highest BCUT2D eigenvalue weighted by molar-refractivity contribution is 5.99. The monoisotopic (exact) mass is 560 g/mol. The summed E-state index contributed by atoms with van der Waals surface area (Å²) in [5.74, 6) is 1.46. The number of phenolic OH excluding ortho intramolecular Hbond substituents is 1. The van der Waals surface area contributed by atoms with Gasteiger partial charge in [0, 0.05) is 62.2 Å². The van der Waals surface area contributed by atoms with Crippen molar-refractivity contribution in [3.63, 3.8) is 0 Å². The molecule has 214 valence electrons. The summed E-state index contributed by atoms with van der Waals surface area (Å²) < 4.78 is 37.9. The molecule has 4 aliphatic rings. The number of hydrogen-bond acceptors (Lipinski definition) is 7. The Hall–Kier alpha value is -3.50. The first-order valence-electron chi connectivity index (χ1n) is 14.7. The van der Waals surface area contributed by atoms with Crippen molar-refractivity contribution >= 4 is 27.6 Å². The third kappa shape index (κ3) is 4.06. The zero-order valence-electron chi connectivity index (χ0n) is 23.1. The SMILES string of the molecule is Cn1c(-c2cc(O)cc3cccc(F)c23)nc2c(N3CC4CCC(C3)N4)nc(OC[C@@]34CCCN3C[C@H](F)C4)cc21. The van der Waals surface area contributed by atoms with Crippen LogP contribution in [0.4, 0.5) is 14.6 Å². The Bertz CT molecular complexity index is 1660. The highest BCUT2D eigenvalue weighted by atomic mass is 19.1. The number of hydrogen-bond donors (Lipinski definition) is 2. The van der Waals surface area contributed by atoms with E-state index < -0.39 is 6.17 Å². The lowest BCUT2D eigenvalue weighted by atomic mass is 9.95. The molecule has 0 amide bonds. The van der Waals surface area contributed by atoms with Crippen molar-refractivity contribution in [2.24, 2.45) is 7.05 Å². The van der Waals surface area contributed by atoms with E-state index in [0.717, 1.165) is 56.7 Å². The summed E-state index contributed by atoms with van der Waals surface area (Å²) >= 11 is 0. The number of rotatable bonds is 5. The Balaban J connectivity index is 1.25. The summed E-state index contributed by atoms with van der Waals surface area (Å²) in [6, 6.07) is 10.7. The number of imidazole rings is 1. The third-order valence-corrected chi connectivity index (χ3v) is 9.74. The van der Waals surface area contributed by atoms with Crippen LogP contribution in [-0.4, -0.2) is 81.1 Å². The molecular weight excluding hydrogens is 526 g/mol. The van der Waals surface area contributed by atoms with Gasteiger partial charge in [-0.15, -0.1) is 0 Å². The van der Waals surface area contributed by atoms with Crippen molar-refractivity contribution in [1.29, 1.82) is 0 Å². The number of aromatic hydroxyl groups is 1. The van der Waals surface area contributed by atoms with E-state index in [9.17, 15) is 9.50 Å². The molecule has 0 radical (unpaired) electrons. The molecule has 0 spiro atoms. The van der Waals surface area contributed by atoms with Gasteiger partial charge in [0.15, 0.2) is 5.82 Å². The minimum Gasteiger partial charge on any atom is -0.508 e. The molecule has 2 N–H and O–H groups in total. The largest absolute Gasteiger partial charge is 0.508 e. The molecule has 4 atom stereocenters. The van der Waals surface area contributed by atoms with Crippen molar-refractivity contribution < 1.29 is 18.6 Å². The number of nitrogens with one attached hydrogen (secondary N) is 1. The predicted molar refractivity (Wildman–Crippen MR) is 154 cm³/mol. The summed E-state index contributed by atoms with van der Waals surface area (Å²) in [6.45, 7) is 3.41. The third-order valence-electron chi connectivity index (χ3n) is 9.74. The maximum Gasteiger partial charge on any atom is 0.217 e. The molecular formula is C31H34F2N6O2. The fraction of sp³-hybridized carbons (Fsp3) is 0.484. The molecule has 8 nitrogen and oxygen atoms in total. The topological polar surface area (TPSA) is 78.7 Å². The van der Waals surface area contributed by atoms with Crippen LogP contribution in [0.3, 0.4) is 0 Å². The number of phenols is 1. The van der Waals surface area contributed by atoms with Crippen LogP contribution >= 0.6 is 0 Å². The smallest absolute Gasteiger partial charge is 0.217 e. The van der Waals surface area contributed by atoms with E-state index in [0.29, 0.717) is 65.2 Å². The number of halogens is 2. The van der Waals surface area contributed by atoms with Gasteiger partial charge in [0.1, 0.15) is 35.7 Å². The molecule has 4 aromatic rings. The summed E-state index contributed by atoms with van der Waals surface area (Å²) in [6.07, 6.45) is 3.91. The standard InChI is InChI=1S/C31H34F2N6O2/c1-37-25-12-26(41-17-31-8-3-9-39(31)14-19(32)13-31)35-30(38-15-20-6-7-21(16-38)34-20)28(25)36-29(37)23-11-22(40)10-18-4-2-5-24(33)27(18)23/h2,4-5,10-12,19-21,34,40H,3,6-9,13-17H2,1H3/t19-,20?,21?,31+/m1/s1. The van der Waals surface area contributed by atoms with Gasteiger partial charge in [-0.3, -0.25) is 4.90 Å². The summed E-state index contributed by atoms with van der Waals surface area (Å²) in [7, 11) is 1.90. The Morgan fingerprint density at radius 3 is 2.78 bits per heavy atom. The number of aryl methyl sites for hydroxylation is 1. The van der Waals surface area contributed by atoms with Gasteiger partial charge in [0.05, 0.1) is 11.1 Å².